The zero-order chi connectivity index (χ0) is 21.1. The van der Waals surface area contributed by atoms with E-state index in [-0.39, 0.29) is 0 Å². The van der Waals surface area contributed by atoms with Gasteiger partial charge in [-0.1, -0.05) is 18.2 Å². The normalized spacial score (nSPS) is 12.1. The number of fused-ring (bicyclic) bond motifs is 1. The van der Waals surface area contributed by atoms with Crippen LogP contribution in [-0.2, 0) is 21.4 Å². The van der Waals surface area contributed by atoms with E-state index in [1.54, 1.807) is 23.7 Å². The Morgan fingerprint density at radius 2 is 1.82 bits per heavy atom. The zero-order valence-corrected chi connectivity index (χ0v) is 16.5. The molecule has 0 saturated heterocycles. The summed E-state index contributed by atoms with van der Waals surface area (Å²) in [6.07, 6.45) is -3.45. The Kier molecular flexibility index (Phi) is 6.52. The van der Waals surface area contributed by atoms with E-state index < -0.39 is 22.2 Å². The highest BCUT2D eigenvalue weighted by Gasteiger charge is 2.38. The molecule has 0 spiro atoms. The molecule has 2 heterocycles. The molecule has 28 heavy (non-hydrogen) atoms. The van der Waals surface area contributed by atoms with E-state index in [0.29, 0.717) is 4.21 Å². The number of nitrogens with zero attached hydrogens (tertiary/aromatic N) is 2. The Bertz CT molecular complexity index is 1060. The van der Waals surface area contributed by atoms with Crippen LogP contribution in [0.4, 0.5) is 13.2 Å². The monoisotopic (exact) mass is 434 g/mol. The summed E-state index contributed by atoms with van der Waals surface area (Å²) in [6, 6.07) is 11.0. The van der Waals surface area contributed by atoms with Crippen LogP contribution in [0, 0.1) is 0 Å². The van der Waals surface area contributed by atoms with E-state index in [0.717, 1.165) is 23.0 Å². The lowest BCUT2D eigenvalue weighted by Crippen LogP contribution is -2.21. The van der Waals surface area contributed by atoms with Crippen molar-refractivity contribution < 1.29 is 31.5 Å². The van der Waals surface area contributed by atoms with Gasteiger partial charge in [0, 0.05) is 18.1 Å². The lowest BCUT2D eigenvalue weighted by Gasteiger charge is -2.11. The van der Waals surface area contributed by atoms with Crippen molar-refractivity contribution in [1.82, 2.24) is 8.87 Å². The maximum Gasteiger partial charge on any atom is 0.490 e. The molecule has 0 radical (unpaired) electrons. The molecule has 0 fully saturated rings. The largest absolute Gasteiger partial charge is 0.490 e. The first-order chi connectivity index (χ1) is 12.9. The summed E-state index contributed by atoms with van der Waals surface area (Å²) in [5.74, 6) is -2.76. The number of aliphatic carboxylic acids is 1. The van der Waals surface area contributed by atoms with Crippen molar-refractivity contribution in [2.45, 2.75) is 16.9 Å². The van der Waals surface area contributed by atoms with Crippen molar-refractivity contribution in [1.29, 1.82) is 0 Å². The third-order valence-corrected chi connectivity index (χ3v) is 6.59. The minimum Gasteiger partial charge on any atom is -0.475 e. The van der Waals surface area contributed by atoms with Crippen LogP contribution in [0.3, 0.4) is 0 Å². The van der Waals surface area contributed by atoms with Crippen LogP contribution in [0.5, 0.6) is 0 Å². The zero-order valence-electron chi connectivity index (χ0n) is 14.8. The average Bonchev–Trinajstić information content (AvgIpc) is 3.25. The van der Waals surface area contributed by atoms with Gasteiger partial charge in [0.05, 0.1) is 5.52 Å². The van der Waals surface area contributed by atoms with Gasteiger partial charge in [-0.15, -0.1) is 11.3 Å². The second-order valence-electron chi connectivity index (χ2n) is 5.94. The van der Waals surface area contributed by atoms with Crippen molar-refractivity contribution in [3.63, 3.8) is 0 Å². The fourth-order valence-corrected chi connectivity index (χ4v) is 4.83. The molecule has 0 saturated carbocycles. The fraction of sp³-hybridized carbons (Fsp3) is 0.235. The summed E-state index contributed by atoms with van der Waals surface area (Å²) in [6.45, 7) is 0.778. The molecule has 0 aliphatic carbocycles. The molecule has 152 valence electrons. The summed E-state index contributed by atoms with van der Waals surface area (Å²) >= 11 is 1.23. The lowest BCUT2D eigenvalue weighted by molar-refractivity contribution is -0.192. The quantitative estimate of drug-likeness (QED) is 0.678. The van der Waals surface area contributed by atoms with Crippen LogP contribution in [0.2, 0.25) is 0 Å². The van der Waals surface area contributed by atoms with Gasteiger partial charge in [0.2, 0.25) is 0 Å². The van der Waals surface area contributed by atoms with Crippen LogP contribution in [0.15, 0.2) is 52.2 Å². The van der Waals surface area contributed by atoms with E-state index >= 15 is 0 Å². The molecular formula is C17H17F3N2O4S2. The second-order valence-corrected chi connectivity index (χ2v) is 8.93. The maximum absolute atomic E-state index is 12.7. The predicted molar refractivity (Wildman–Crippen MR) is 99.9 cm³/mol. The molecule has 3 rings (SSSR count). The number of hydrogen-bond acceptors (Lipinski definition) is 5. The van der Waals surface area contributed by atoms with Crippen LogP contribution in [0.1, 0.15) is 5.56 Å². The SMILES string of the molecule is CN(C)Cc1cccc2c1ccn2S(=O)(=O)c1cccs1.O=C(O)C(F)(F)F. The number of aromatic nitrogens is 1. The van der Waals surface area contributed by atoms with Gasteiger partial charge in [-0.05, 0) is 43.2 Å². The van der Waals surface area contributed by atoms with Gasteiger partial charge in [0.25, 0.3) is 10.0 Å². The number of benzene rings is 1. The first-order valence-electron chi connectivity index (χ1n) is 7.77. The topological polar surface area (TPSA) is 79.6 Å². The smallest absolute Gasteiger partial charge is 0.475 e. The van der Waals surface area contributed by atoms with Crippen molar-refractivity contribution in [3.05, 3.63) is 53.5 Å². The van der Waals surface area contributed by atoms with E-state index in [4.69, 9.17) is 9.90 Å². The number of hydrogen-bond donors (Lipinski definition) is 1. The molecule has 2 aromatic heterocycles. The summed E-state index contributed by atoms with van der Waals surface area (Å²) in [4.78, 5) is 11.0. The molecule has 0 unspecified atom stereocenters. The van der Waals surface area contributed by atoms with Gasteiger partial charge >= 0.3 is 12.1 Å². The van der Waals surface area contributed by atoms with E-state index in [1.807, 2.05) is 38.4 Å². The summed E-state index contributed by atoms with van der Waals surface area (Å²) < 4.78 is 58.8. The highest BCUT2D eigenvalue weighted by molar-refractivity contribution is 7.92. The van der Waals surface area contributed by atoms with Gasteiger partial charge in [0.1, 0.15) is 4.21 Å². The number of carboxylic acids is 1. The second kappa shape index (κ2) is 8.33. The van der Waals surface area contributed by atoms with Gasteiger partial charge in [-0.3, -0.25) is 0 Å². The van der Waals surface area contributed by atoms with E-state index in [9.17, 15) is 21.6 Å². The van der Waals surface area contributed by atoms with Crippen LogP contribution >= 0.6 is 11.3 Å². The molecule has 0 aliphatic rings. The van der Waals surface area contributed by atoms with Crippen molar-refractivity contribution in [2.75, 3.05) is 14.1 Å². The third kappa shape index (κ3) is 4.91. The first-order valence-corrected chi connectivity index (χ1v) is 10.1. The minimum absolute atomic E-state index is 0.359. The number of halogens is 3. The number of thiophene rings is 1. The van der Waals surface area contributed by atoms with Crippen molar-refractivity contribution >= 4 is 38.2 Å². The fourth-order valence-electron chi connectivity index (χ4n) is 2.40. The Morgan fingerprint density at radius 1 is 1.18 bits per heavy atom. The van der Waals surface area contributed by atoms with E-state index in [2.05, 4.69) is 4.90 Å². The molecule has 3 aromatic rings. The van der Waals surface area contributed by atoms with Gasteiger partial charge in [0.15, 0.2) is 0 Å². The number of rotatable bonds is 4. The standard InChI is InChI=1S/C15H16N2O2S2.C2HF3O2/c1-16(2)11-12-5-3-6-14-13(12)8-9-17(14)21(18,19)15-7-4-10-20-15;3-2(4,5)1(6)7/h3-10H,11H2,1-2H3;(H,6,7). The van der Waals surface area contributed by atoms with E-state index in [1.165, 1.54) is 15.3 Å². The van der Waals surface area contributed by atoms with Gasteiger partial charge in [-0.2, -0.15) is 21.6 Å². The molecule has 11 heteroatoms. The lowest BCUT2D eigenvalue weighted by atomic mass is 10.1. The van der Waals surface area contributed by atoms with Gasteiger partial charge in [-0.25, -0.2) is 8.77 Å². The van der Waals surface area contributed by atoms with Crippen LogP contribution in [0.25, 0.3) is 10.9 Å². The first kappa shape index (κ1) is 21.9. The highest BCUT2D eigenvalue weighted by atomic mass is 32.2. The maximum atomic E-state index is 12.7. The number of alkyl halides is 3. The predicted octanol–water partition coefficient (Wildman–Crippen LogP) is 3.63. The average molecular weight is 434 g/mol. The van der Waals surface area contributed by atoms with Crippen LogP contribution in [-0.4, -0.2) is 48.6 Å². The Morgan fingerprint density at radius 3 is 2.32 bits per heavy atom. The number of carbonyl (C=O) groups is 1. The molecular weight excluding hydrogens is 417 g/mol. The summed E-state index contributed by atoms with van der Waals surface area (Å²) in [5.41, 5.74) is 1.85. The van der Waals surface area contributed by atoms with Crippen molar-refractivity contribution in [2.24, 2.45) is 0 Å². The molecule has 0 aliphatic heterocycles. The van der Waals surface area contributed by atoms with Gasteiger partial charge < -0.3 is 10.0 Å². The Balaban J connectivity index is 0.000000345. The molecule has 6 nitrogen and oxygen atoms in total. The Hall–Kier alpha value is -2.37. The minimum atomic E-state index is -5.08. The molecule has 0 amide bonds. The molecule has 0 atom stereocenters. The molecule has 1 N–H and O–H groups in total. The van der Waals surface area contributed by atoms with Crippen molar-refractivity contribution in [3.8, 4) is 0 Å². The highest BCUT2D eigenvalue weighted by Crippen LogP contribution is 2.27. The summed E-state index contributed by atoms with van der Waals surface area (Å²) in [7, 11) is 0.494. The summed E-state index contributed by atoms with van der Waals surface area (Å²) in [5, 5.41) is 9.88. The van der Waals surface area contributed by atoms with Crippen LogP contribution < -0.4 is 0 Å². The number of carboxylic acid groups (broad SMARTS) is 1. The third-order valence-electron chi connectivity index (χ3n) is 3.52. The Labute approximate surface area is 163 Å². The molecule has 0 bridgehead atoms. The molecule has 1 aromatic carbocycles.